The summed E-state index contributed by atoms with van der Waals surface area (Å²) in [6.45, 7) is 5.38. The van der Waals surface area contributed by atoms with Crippen molar-refractivity contribution >= 4 is 21.9 Å². The van der Waals surface area contributed by atoms with E-state index in [0.29, 0.717) is 0 Å². The maximum absolute atomic E-state index is 11.6. The molecule has 1 atom stereocenters. The number of carboxylic acids is 1. The normalized spacial score (nSPS) is 18.8. The highest BCUT2D eigenvalue weighted by Crippen LogP contribution is 2.26. The molecule has 0 aromatic heterocycles. The van der Waals surface area contributed by atoms with E-state index >= 15 is 0 Å². The molecule has 0 aliphatic carbocycles. The van der Waals surface area contributed by atoms with Gasteiger partial charge in [0.25, 0.3) is 0 Å². The van der Waals surface area contributed by atoms with Crippen LogP contribution in [0.3, 0.4) is 0 Å². The topological polar surface area (TPSA) is 52.6 Å². The van der Waals surface area contributed by atoms with Gasteiger partial charge in [0.15, 0.2) is 0 Å². The minimum Gasteiger partial charge on any atom is -0.480 e. The van der Waals surface area contributed by atoms with Gasteiger partial charge in [0.2, 0.25) is 0 Å². The van der Waals surface area contributed by atoms with E-state index in [0.717, 1.165) is 48.2 Å². The van der Waals surface area contributed by atoms with Gasteiger partial charge < -0.3 is 10.4 Å². The lowest BCUT2D eigenvalue weighted by Crippen LogP contribution is -2.36. The first-order chi connectivity index (χ1) is 9.09. The monoisotopic (exact) mass is 326 g/mol. The SMILES string of the molecule is Cc1cc(C(C(=O)O)N2CCCNCC2)ccc1Br. The Morgan fingerprint density at radius 2 is 2.21 bits per heavy atom. The molecule has 0 saturated carbocycles. The van der Waals surface area contributed by atoms with Gasteiger partial charge >= 0.3 is 5.97 Å². The molecule has 1 fully saturated rings. The lowest BCUT2D eigenvalue weighted by molar-refractivity contribution is -0.143. The van der Waals surface area contributed by atoms with Gasteiger partial charge in [-0.1, -0.05) is 28.1 Å². The molecule has 0 spiro atoms. The lowest BCUT2D eigenvalue weighted by atomic mass is 10.0. The van der Waals surface area contributed by atoms with Crippen LogP contribution in [0, 0.1) is 6.92 Å². The van der Waals surface area contributed by atoms with E-state index in [1.54, 1.807) is 0 Å². The summed E-state index contributed by atoms with van der Waals surface area (Å²) in [6.07, 6.45) is 0.985. The number of rotatable bonds is 3. The Morgan fingerprint density at radius 1 is 1.42 bits per heavy atom. The number of hydrogen-bond acceptors (Lipinski definition) is 3. The molecule has 1 aliphatic rings. The molecule has 5 heteroatoms. The summed E-state index contributed by atoms with van der Waals surface area (Å²) in [6, 6.07) is 5.23. The number of aryl methyl sites for hydroxylation is 1. The maximum Gasteiger partial charge on any atom is 0.325 e. The number of carboxylic acid groups (broad SMARTS) is 1. The van der Waals surface area contributed by atoms with E-state index in [9.17, 15) is 9.90 Å². The molecule has 1 saturated heterocycles. The maximum atomic E-state index is 11.6. The molecule has 1 aliphatic heterocycles. The average Bonchev–Trinajstić information content (AvgIpc) is 2.62. The minimum atomic E-state index is -0.774. The summed E-state index contributed by atoms with van der Waals surface area (Å²) < 4.78 is 1.01. The van der Waals surface area contributed by atoms with Gasteiger partial charge in [-0.25, -0.2) is 0 Å². The number of halogens is 1. The van der Waals surface area contributed by atoms with Gasteiger partial charge in [0, 0.05) is 24.1 Å². The van der Waals surface area contributed by atoms with E-state index in [1.807, 2.05) is 30.0 Å². The third-order valence-electron chi connectivity index (χ3n) is 3.47. The van der Waals surface area contributed by atoms with Gasteiger partial charge in [-0.2, -0.15) is 0 Å². The first kappa shape index (κ1) is 14.5. The second-order valence-electron chi connectivity index (χ2n) is 4.89. The number of nitrogens with zero attached hydrogens (tertiary/aromatic N) is 1. The van der Waals surface area contributed by atoms with Crippen molar-refractivity contribution in [3.05, 3.63) is 33.8 Å². The van der Waals surface area contributed by atoms with E-state index in [-0.39, 0.29) is 0 Å². The van der Waals surface area contributed by atoms with Crippen LogP contribution in [0.5, 0.6) is 0 Å². The van der Waals surface area contributed by atoms with Crippen molar-refractivity contribution in [2.45, 2.75) is 19.4 Å². The zero-order chi connectivity index (χ0) is 13.8. The molecule has 1 aromatic rings. The Balaban J connectivity index is 2.27. The van der Waals surface area contributed by atoms with Crippen LogP contribution in [0.1, 0.15) is 23.6 Å². The van der Waals surface area contributed by atoms with Crippen molar-refractivity contribution < 1.29 is 9.90 Å². The molecule has 1 unspecified atom stereocenters. The summed E-state index contributed by atoms with van der Waals surface area (Å²) in [5.74, 6) is -0.774. The molecule has 1 aromatic carbocycles. The van der Waals surface area contributed by atoms with Crippen LogP contribution < -0.4 is 5.32 Å². The number of hydrogen-bond donors (Lipinski definition) is 2. The zero-order valence-corrected chi connectivity index (χ0v) is 12.6. The van der Waals surface area contributed by atoms with E-state index < -0.39 is 12.0 Å². The average molecular weight is 327 g/mol. The number of benzene rings is 1. The van der Waals surface area contributed by atoms with Gasteiger partial charge in [-0.3, -0.25) is 9.69 Å². The molecular formula is C14H19BrN2O2. The highest BCUT2D eigenvalue weighted by Gasteiger charge is 2.27. The predicted molar refractivity (Wildman–Crippen MR) is 78.3 cm³/mol. The van der Waals surface area contributed by atoms with Crippen molar-refractivity contribution in [2.24, 2.45) is 0 Å². The fraction of sp³-hybridized carbons (Fsp3) is 0.500. The van der Waals surface area contributed by atoms with Crippen molar-refractivity contribution in [3.8, 4) is 0 Å². The number of nitrogens with one attached hydrogen (secondary N) is 1. The Kier molecular flexibility index (Phi) is 4.96. The van der Waals surface area contributed by atoms with Crippen molar-refractivity contribution in [3.63, 3.8) is 0 Å². The molecule has 2 rings (SSSR count). The van der Waals surface area contributed by atoms with Crippen LogP contribution in [-0.2, 0) is 4.79 Å². The number of carbonyl (C=O) groups is 1. The molecular weight excluding hydrogens is 308 g/mol. The third-order valence-corrected chi connectivity index (χ3v) is 4.36. The van der Waals surface area contributed by atoms with Crippen molar-refractivity contribution in [1.82, 2.24) is 10.2 Å². The molecule has 4 nitrogen and oxygen atoms in total. The first-order valence-electron chi connectivity index (χ1n) is 6.53. The van der Waals surface area contributed by atoms with Gasteiger partial charge in [-0.15, -0.1) is 0 Å². The van der Waals surface area contributed by atoms with Crippen LogP contribution in [0.15, 0.2) is 22.7 Å². The van der Waals surface area contributed by atoms with E-state index in [2.05, 4.69) is 21.2 Å². The highest BCUT2D eigenvalue weighted by molar-refractivity contribution is 9.10. The van der Waals surface area contributed by atoms with E-state index in [1.165, 1.54) is 0 Å². The quantitative estimate of drug-likeness (QED) is 0.893. The Labute approximate surface area is 121 Å². The van der Waals surface area contributed by atoms with Crippen LogP contribution in [0.25, 0.3) is 0 Å². The molecule has 1 heterocycles. The predicted octanol–water partition coefficient (Wildman–Crippen LogP) is 2.18. The molecule has 0 bridgehead atoms. The van der Waals surface area contributed by atoms with Crippen LogP contribution in [-0.4, -0.2) is 42.2 Å². The van der Waals surface area contributed by atoms with Gasteiger partial charge in [0.05, 0.1) is 0 Å². The molecule has 0 amide bonds. The standard InChI is InChI=1S/C14H19BrN2O2/c1-10-9-11(3-4-12(10)15)13(14(18)19)17-7-2-5-16-6-8-17/h3-4,9,13,16H,2,5-8H2,1H3,(H,18,19). The minimum absolute atomic E-state index is 0.549. The second kappa shape index (κ2) is 6.50. The smallest absolute Gasteiger partial charge is 0.325 e. The van der Waals surface area contributed by atoms with E-state index in [4.69, 9.17) is 0 Å². The molecule has 19 heavy (non-hydrogen) atoms. The van der Waals surface area contributed by atoms with Crippen molar-refractivity contribution in [1.29, 1.82) is 0 Å². The van der Waals surface area contributed by atoms with Gasteiger partial charge in [0.1, 0.15) is 6.04 Å². The third kappa shape index (κ3) is 3.55. The summed E-state index contributed by atoms with van der Waals surface area (Å²) >= 11 is 3.45. The van der Waals surface area contributed by atoms with Crippen LogP contribution in [0.4, 0.5) is 0 Å². The van der Waals surface area contributed by atoms with Crippen molar-refractivity contribution in [2.75, 3.05) is 26.2 Å². The molecule has 104 valence electrons. The molecule has 0 radical (unpaired) electrons. The zero-order valence-electron chi connectivity index (χ0n) is 11.0. The lowest BCUT2D eigenvalue weighted by Gasteiger charge is -2.27. The Hall–Kier alpha value is -0.910. The molecule has 2 N–H and O–H groups in total. The van der Waals surface area contributed by atoms with Crippen LogP contribution in [0.2, 0.25) is 0 Å². The highest BCUT2D eigenvalue weighted by atomic mass is 79.9. The summed E-state index contributed by atoms with van der Waals surface area (Å²) in [4.78, 5) is 13.7. The Bertz CT molecular complexity index is 457. The fourth-order valence-corrected chi connectivity index (χ4v) is 2.72. The van der Waals surface area contributed by atoms with Gasteiger partial charge in [-0.05, 0) is 37.1 Å². The summed E-state index contributed by atoms with van der Waals surface area (Å²) in [5.41, 5.74) is 1.92. The Morgan fingerprint density at radius 3 is 2.89 bits per heavy atom. The van der Waals surface area contributed by atoms with Crippen LogP contribution >= 0.6 is 15.9 Å². The largest absolute Gasteiger partial charge is 0.480 e. The second-order valence-corrected chi connectivity index (χ2v) is 5.74. The summed E-state index contributed by atoms with van der Waals surface area (Å²) in [5, 5.41) is 12.9. The first-order valence-corrected chi connectivity index (χ1v) is 7.32. The fourth-order valence-electron chi connectivity index (χ4n) is 2.47. The number of aliphatic carboxylic acids is 1. The summed E-state index contributed by atoms with van der Waals surface area (Å²) in [7, 11) is 0.